The van der Waals surface area contributed by atoms with E-state index in [9.17, 15) is 4.39 Å². The van der Waals surface area contributed by atoms with Crippen LogP contribution in [0.2, 0.25) is 0 Å². The Hall–Kier alpha value is -1.31. The van der Waals surface area contributed by atoms with E-state index in [0.29, 0.717) is 11.4 Å². The van der Waals surface area contributed by atoms with E-state index in [1.54, 1.807) is 6.07 Å². The zero-order chi connectivity index (χ0) is 11.9. The maximum atomic E-state index is 13.5. The number of hydrogen-bond acceptors (Lipinski definition) is 0. The molecule has 0 fully saturated rings. The van der Waals surface area contributed by atoms with Crippen molar-refractivity contribution in [2.24, 2.45) is 5.41 Å². The van der Waals surface area contributed by atoms with Gasteiger partial charge in [0.25, 0.3) is 0 Å². The highest BCUT2D eigenvalue weighted by atomic mass is 19.1. The van der Waals surface area contributed by atoms with Crippen LogP contribution in [0, 0.1) is 11.2 Å². The molecule has 1 aromatic heterocycles. The topological polar surface area (TPSA) is 15.8 Å². The summed E-state index contributed by atoms with van der Waals surface area (Å²) in [4.78, 5) is 3.03. The van der Waals surface area contributed by atoms with Crippen molar-refractivity contribution in [1.29, 1.82) is 0 Å². The summed E-state index contributed by atoms with van der Waals surface area (Å²) in [7, 11) is 0. The Balaban J connectivity index is 2.59. The second kappa shape index (κ2) is 3.62. The van der Waals surface area contributed by atoms with E-state index in [1.165, 1.54) is 11.6 Å². The molecule has 1 atom stereocenters. The molecule has 16 heavy (non-hydrogen) atoms. The number of benzene rings is 1. The van der Waals surface area contributed by atoms with Crippen LogP contribution in [0.3, 0.4) is 0 Å². The second-order valence-corrected chi connectivity index (χ2v) is 5.49. The smallest absolute Gasteiger partial charge is 0.147 e. The SMILES string of the molecule is CC(c1c[nH]c2c(F)cccc12)C(C)(C)C. The van der Waals surface area contributed by atoms with Gasteiger partial charge in [-0.15, -0.1) is 0 Å². The van der Waals surface area contributed by atoms with Crippen LogP contribution < -0.4 is 0 Å². The van der Waals surface area contributed by atoms with E-state index in [2.05, 4.69) is 32.7 Å². The third-order valence-electron chi connectivity index (χ3n) is 3.46. The van der Waals surface area contributed by atoms with Gasteiger partial charge in [-0.3, -0.25) is 0 Å². The number of nitrogens with one attached hydrogen (secondary N) is 1. The van der Waals surface area contributed by atoms with Gasteiger partial charge in [-0.1, -0.05) is 39.8 Å². The molecule has 2 rings (SSSR count). The fourth-order valence-electron chi connectivity index (χ4n) is 1.96. The molecule has 0 bridgehead atoms. The summed E-state index contributed by atoms with van der Waals surface area (Å²) in [6.45, 7) is 8.80. The Bertz CT molecular complexity index is 505. The first-order valence-electron chi connectivity index (χ1n) is 5.67. The van der Waals surface area contributed by atoms with Gasteiger partial charge in [-0.05, 0) is 23.0 Å². The first kappa shape index (κ1) is 11.2. The van der Waals surface area contributed by atoms with E-state index in [-0.39, 0.29) is 11.2 Å². The zero-order valence-corrected chi connectivity index (χ0v) is 10.3. The number of H-pyrrole nitrogens is 1. The lowest BCUT2D eigenvalue weighted by molar-refractivity contribution is 0.341. The van der Waals surface area contributed by atoms with Crippen molar-refractivity contribution in [3.8, 4) is 0 Å². The molecular formula is C14H18FN. The summed E-state index contributed by atoms with van der Waals surface area (Å²) in [5.74, 6) is 0.216. The van der Waals surface area contributed by atoms with Crippen LogP contribution >= 0.6 is 0 Å². The molecule has 0 saturated carbocycles. The van der Waals surface area contributed by atoms with E-state index < -0.39 is 0 Å². The first-order chi connectivity index (χ1) is 7.41. The highest BCUT2D eigenvalue weighted by Crippen LogP contribution is 2.38. The molecule has 0 radical (unpaired) electrons. The summed E-state index contributed by atoms with van der Waals surface area (Å²) >= 11 is 0. The Morgan fingerprint density at radius 1 is 1.25 bits per heavy atom. The van der Waals surface area contributed by atoms with E-state index in [4.69, 9.17) is 0 Å². The van der Waals surface area contributed by atoms with Crippen LogP contribution in [0.5, 0.6) is 0 Å². The van der Waals surface area contributed by atoms with Gasteiger partial charge in [0.1, 0.15) is 5.82 Å². The minimum absolute atomic E-state index is 0.176. The molecule has 0 aliphatic rings. The van der Waals surface area contributed by atoms with Gasteiger partial charge in [0.15, 0.2) is 0 Å². The fraction of sp³-hybridized carbons (Fsp3) is 0.429. The Labute approximate surface area is 95.7 Å². The molecule has 1 unspecified atom stereocenters. The van der Waals surface area contributed by atoms with Gasteiger partial charge in [-0.2, -0.15) is 0 Å². The molecule has 0 spiro atoms. The van der Waals surface area contributed by atoms with Crippen molar-refractivity contribution in [3.63, 3.8) is 0 Å². The van der Waals surface area contributed by atoms with Crippen molar-refractivity contribution >= 4 is 10.9 Å². The summed E-state index contributed by atoms with van der Waals surface area (Å²) in [6.07, 6.45) is 1.93. The number of rotatable bonds is 1. The van der Waals surface area contributed by atoms with E-state index in [0.717, 1.165) is 5.39 Å². The lowest BCUT2D eigenvalue weighted by Crippen LogP contribution is -2.14. The summed E-state index contributed by atoms with van der Waals surface area (Å²) in [5, 5.41) is 1.00. The quantitative estimate of drug-likeness (QED) is 0.729. The number of aromatic nitrogens is 1. The van der Waals surface area contributed by atoms with Gasteiger partial charge >= 0.3 is 0 Å². The Morgan fingerprint density at radius 2 is 1.94 bits per heavy atom. The van der Waals surface area contributed by atoms with Crippen LogP contribution in [0.1, 0.15) is 39.2 Å². The number of fused-ring (bicyclic) bond motifs is 1. The summed E-state index contributed by atoms with van der Waals surface area (Å²) < 4.78 is 13.5. The van der Waals surface area contributed by atoms with Crippen molar-refractivity contribution in [3.05, 3.63) is 35.8 Å². The van der Waals surface area contributed by atoms with Crippen molar-refractivity contribution in [2.45, 2.75) is 33.6 Å². The number of halogens is 1. The van der Waals surface area contributed by atoms with E-state index in [1.807, 2.05) is 12.3 Å². The van der Waals surface area contributed by atoms with Gasteiger partial charge in [0.2, 0.25) is 0 Å². The molecule has 1 aromatic carbocycles. The first-order valence-corrected chi connectivity index (χ1v) is 5.67. The molecule has 2 aromatic rings. The molecule has 0 amide bonds. The molecule has 0 aliphatic carbocycles. The second-order valence-electron chi connectivity index (χ2n) is 5.49. The number of hydrogen-bond donors (Lipinski definition) is 1. The molecule has 0 aliphatic heterocycles. The van der Waals surface area contributed by atoms with Gasteiger partial charge in [0, 0.05) is 11.6 Å². The molecule has 86 valence electrons. The average Bonchev–Trinajstić information content (AvgIpc) is 2.60. The zero-order valence-electron chi connectivity index (χ0n) is 10.3. The maximum absolute atomic E-state index is 13.5. The largest absolute Gasteiger partial charge is 0.359 e. The molecule has 1 nitrogen and oxygen atoms in total. The third kappa shape index (κ3) is 1.73. The predicted octanol–water partition coefficient (Wildman–Crippen LogP) is 4.46. The molecule has 0 saturated heterocycles. The minimum Gasteiger partial charge on any atom is -0.359 e. The predicted molar refractivity (Wildman–Crippen MR) is 66.1 cm³/mol. The summed E-state index contributed by atoms with van der Waals surface area (Å²) in [5.41, 5.74) is 2.00. The lowest BCUT2D eigenvalue weighted by Gasteiger charge is -2.27. The van der Waals surface area contributed by atoms with Gasteiger partial charge < -0.3 is 4.98 Å². The molecular weight excluding hydrogens is 201 g/mol. The van der Waals surface area contributed by atoms with Crippen LogP contribution in [-0.4, -0.2) is 4.98 Å². The molecule has 1 heterocycles. The van der Waals surface area contributed by atoms with Gasteiger partial charge in [-0.25, -0.2) is 4.39 Å². The highest BCUT2D eigenvalue weighted by molar-refractivity contribution is 5.84. The van der Waals surface area contributed by atoms with Crippen molar-refractivity contribution in [1.82, 2.24) is 4.98 Å². The third-order valence-corrected chi connectivity index (χ3v) is 3.46. The van der Waals surface area contributed by atoms with Crippen molar-refractivity contribution < 1.29 is 4.39 Å². The Morgan fingerprint density at radius 3 is 2.56 bits per heavy atom. The highest BCUT2D eigenvalue weighted by Gasteiger charge is 2.24. The lowest BCUT2D eigenvalue weighted by atomic mass is 9.78. The normalized spacial score (nSPS) is 14.3. The van der Waals surface area contributed by atoms with Crippen LogP contribution in [-0.2, 0) is 0 Å². The Kier molecular flexibility index (Phi) is 2.53. The van der Waals surface area contributed by atoms with Crippen LogP contribution in [0.25, 0.3) is 10.9 Å². The van der Waals surface area contributed by atoms with Crippen LogP contribution in [0.15, 0.2) is 24.4 Å². The summed E-state index contributed by atoms with van der Waals surface area (Å²) in [6, 6.07) is 5.24. The van der Waals surface area contributed by atoms with Crippen molar-refractivity contribution in [2.75, 3.05) is 0 Å². The minimum atomic E-state index is -0.176. The molecule has 1 N–H and O–H groups in total. The fourth-order valence-corrected chi connectivity index (χ4v) is 1.96. The van der Waals surface area contributed by atoms with Gasteiger partial charge in [0.05, 0.1) is 5.52 Å². The van der Waals surface area contributed by atoms with Crippen LogP contribution in [0.4, 0.5) is 4.39 Å². The maximum Gasteiger partial charge on any atom is 0.147 e. The van der Waals surface area contributed by atoms with E-state index >= 15 is 0 Å². The monoisotopic (exact) mass is 219 g/mol. The molecule has 2 heteroatoms. The number of aromatic amines is 1. The number of para-hydroxylation sites is 1. The average molecular weight is 219 g/mol. The standard InChI is InChI=1S/C14H18FN/c1-9(14(2,3)4)11-8-16-13-10(11)6-5-7-12(13)15/h5-9,16H,1-4H3.